The van der Waals surface area contributed by atoms with Crippen LogP contribution in [0.4, 0.5) is 0 Å². The second-order valence-electron chi connectivity index (χ2n) is 5.44. The molecule has 1 nitrogen and oxygen atoms in total. The first kappa shape index (κ1) is 13.1. The Hall–Kier alpha value is -1.89. The smallest absolute Gasteiger partial charge is 0.0712 e. The SMILES string of the molecule is CCCCCCc1c2ccccc2nc2ccccc12. The molecule has 0 fully saturated rings. The standard InChI is InChI=1S/C19H21N/c1-2-3-4-5-10-15-16-11-6-8-13-18(16)20-19-14-9-7-12-17(15)19/h6-9,11-14H,2-5,10H2,1H3. The summed E-state index contributed by atoms with van der Waals surface area (Å²) in [6, 6.07) is 17.1. The number of aryl methyl sites for hydroxylation is 1. The predicted molar refractivity (Wildman–Crippen MR) is 87.1 cm³/mol. The highest BCUT2D eigenvalue weighted by Crippen LogP contribution is 2.27. The quantitative estimate of drug-likeness (QED) is 0.437. The van der Waals surface area contributed by atoms with Crippen molar-refractivity contribution in [2.75, 3.05) is 0 Å². The molecule has 20 heavy (non-hydrogen) atoms. The molecule has 0 spiro atoms. The van der Waals surface area contributed by atoms with E-state index in [9.17, 15) is 0 Å². The van der Waals surface area contributed by atoms with Crippen molar-refractivity contribution < 1.29 is 0 Å². The van der Waals surface area contributed by atoms with E-state index in [0.717, 1.165) is 17.5 Å². The highest BCUT2D eigenvalue weighted by Gasteiger charge is 2.07. The summed E-state index contributed by atoms with van der Waals surface area (Å²) in [5.41, 5.74) is 3.72. The van der Waals surface area contributed by atoms with Crippen LogP contribution in [0.15, 0.2) is 48.5 Å². The summed E-state index contributed by atoms with van der Waals surface area (Å²) >= 11 is 0. The normalized spacial score (nSPS) is 11.2. The van der Waals surface area contributed by atoms with Gasteiger partial charge < -0.3 is 0 Å². The number of hydrogen-bond donors (Lipinski definition) is 0. The Labute approximate surface area is 120 Å². The van der Waals surface area contributed by atoms with Crippen molar-refractivity contribution in [3.63, 3.8) is 0 Å². The molecule has 3 rings (SSSR count). The molecular weight excluding hydrogens is 242 g/mol. The zero-order valence-corrected chi connectivity index (χ0v) is 12.1. The molecule has 0 N–H and O–H groups in total. The molecule has 1 aromatic heterocycles. The Bertz CT molecular complexity index is 661. The fourth-order valence-electron chi connectivity index (χ4n) is 2.93. The van der Waals surface area contributed by atoms with Crippen LogP contribution in [0.1, 0.15) is 38.2 Å². The molecule has 0 amide bonds. The molecule has 0 saturated carbocycles. The molecule has 1 heterocycles. The van der Waals surface area contributed by atoms with Crippen LogP contribution < -0.4 is 0 Å². The minimum absolute atomic E-state index is 1.12. The molecule has 0 radical (unpaired) electrons. The van der Waals surface area contributed by atoms with Gasteiger partial charge in [0.15, 0.2) is 0 Å². The first-order chi connectivity index (χ1) is 9.90. The lowest BCUT2D eigenvalue weighted by molar-refractivity contribution is 0.669. The molecule has 0 saturated heterocycles. The fourth-order valence-corrected chi connectivity index (χ4v) is 2.93. The Balaban J connectivity index is 2.08. The predicted octanol–water partition coefficient (Wildman–Crippen LogP) is 5.51. The van der Waals surface area contributed by atoms with Crippen LogP contribution in [-0.4, -0.2) is 4.98 Å². The zero-order chi connectivity index (χ0) is 13.8. The first-order valence-electron chi connectivity index (χ1n) is 7.66. The zero-order valence-electron chi connectivity index (χ0n) is 12.1. The summed E-state index contributed by atoms with van der Waals surface area (Å²) in [5.74, 6) is 0. The van der Waals surface area contributed by atoms with E-state index in [1.54, 1.807) is 0 Å². The van der Waals surface area contributed by atoms with Gasteiger partial charge in [-0.2, -0.15) is 0 Å². The van der Waals surface area contributed by atoms with E-state index in [-0.39, 0.29) is 0 Å². The highest BCUT2D eigenvalue weighted by atomic mass is 14.7. The molecule has 0 unspecified atom stereocenters. The third-order valence-corrected chi connectivity index (χ3v) is 3.98. The summed E-state index contributed by atoms with van der Waals surface area (Å²) in [6.45, 7) is 2.26. The molecule has 102 valence electrons. The molecular formula is C19H21N. The Kier molecular flexibility index (Phi) is 3.96. The van der Waals surface area contributed by atoms with Crippen molar-refractivity contribution in [1.29, 1.82) is 0 Å². The summed E-state index contributed by atoms with van der Waals surface area (Å²) in [5, 5.41) is 2.64. The van der Waals surface area contributed by atoms with Gasteiger partial charge in [-0.3, -0.25) is 0 Å². The van der Waals surface area contributed by atoms with Crippen LogP contribution in [0.5, 0.6) is 0 Å². The van der Waals surface area contributed by atoms with Crippen molar-refractivity contribution in [3.05, 3.63) is 54.1 Å². The maximum Gasteiger partial charge on any atom is 0.0712 e. The number of aromatic nitrogens is 1. The van der Waals surface area contributed by atoms with Gasteiger partial charge in [0, 0.05) is 10.8 Å². The van der Waals surface area contributed by atoms with Gasteiger partial charge in [-0.15, -0.1) is 0 Å². The average molecular weight is 263 g/mol. The Morgan fingerprint density at radius 3 is 1.95 bits per heavy atom. The van der Waals surface area contributed by atoms with Gasteiger partial charge in [0.25, 0.3) is 0 Å². The van der Waals surface area contributed by atoms with Crippen LogP contribution in [-0.2, 0) is 6.42 Å². The van der Waals surface area contributed by atoms with Crippen molar-refractivity contribution in [2.24, 2.45) is 0 Å². The Morgan fingerprint density at radius 2 is 1.35 bits per heavy atom. The molecule has 1 heteroatoms. The van der Waals surface area contributed by atoms with E-state index in [2.05, 4.69) is 55.5 Å². The molecule has 0 aliphatic carbocycles. The number of fused-ring (bicyclic) bond motifs is 2. The van der Waals surface area contributed by atoms with Crippen LogP contribution in [0.3, 0.4) is 0 Å². The third-order valence-electron chi connectivity index (χ3n) is 3.98. The molecule has 0 aliphatic heterocycles. The number of benzene rings is 2. The number of hydrogen-bond acceptors (Lipinski definition) is 1. The van der Waals surface area contributed by atoms with Gasteiger partial charge in [-0.05, 0) is 30.5 Å². The topological polar surface area (TPSA) is 12.9 Å². The average Bonchev–Trinajstić information content (AvgIpc) is 2.50. The van der Waals surface area contributed by atoms with Gasteiger partial charge in [0.05, 0.1) is 11.0 Å². The van der Waals surface area contributed by atoms with Gasteiger partial charge in [0.2, 0.25) is 0 Å². The van der Waals surface area contributed by atoms with Gasteiger partial charge >= 0.3 is 0 Å². The lowest BCUT2D eigenvalue weighted by atomic mass is 9.97. The van der Waals surface area contributed by atoms with Gasteiger partial charge in [-0.1, -0.05) is 62.6 Å². The number of rotatable bonds is 5. The van der Waals surface area contributed by atoms with E-state index in [1.165, 1.54) is 42.0 Å². The number of pyridine rings is 1. The second-order valence-corrected chi connectivity index (χ2v) is 5.44. The molecule has 0 atom stereocenters. The van der Waals surface area contributed by atoms with Crippen LogP contribution in [0, 0.1) is 0 Å². The van der Waals surface area contributed by atoms with Crippen LogP contribution in [0.25, 0.3) is 21.8 Å². The molecule has 2 aromatic carbocycles. The number of para-hydroxylation sites is 2. The highest BCUT2D eigenvalue weighted by molar-refractivity contribution is 5.97. The van der Waals surface area contributed by atoms with Crippen molar-refractivity contribution in [2.45, 2.75) is 39.0 Å². The van der Waals surface area contributed by atoms with Crippen molar-refractivity contribution >= 4 is 21.8 Å². The first-order valence-corrected chi connectivity index (χ1v) is 7.66. The number of unbranched alkanes of at least 4 members (excludes halogenated alkanes) is 3. The second kappa shape index (κ2) is 6.04. The van der Waals surface area contributed by atoms with Crippen LogP contribution in [0.2, 0.25) is 0 Å². The number of nitrogens with zero attached hydrogens (tertiary/aromatic N) is 1. The minimum atomic E-state index is 1.12. The van der Waals surface area contributed by atoms with Crippen LogP contribution >= 0.6 is 0 Å². The minimum Gasteiger partial charge on any atom is -0.248 e. The van der Waals surface area contributed by atoms with E-state index >= 15 is 0 Å². The lowest BCUT2D eigenvalue weighted by Gasteiger charge is -2.10. The molecule has 0 bridgehead atoms. The van der Waals surface area contributed by atoms with E-state index in [0.29, 0.717) is 0 Å². The van der Waals surface area contributed by atoms with E-state index in [4.69, 9.17) is 4.98 Å². The van der Waals surface area contributed by atoms with E-state index in [1.807, 2.05) is 0 Å². The molecule has 3 aromatic rings. The summed E-state index contributed by atoms with van der Waals surface area (Å²) < 4.78 is 0. The summed E-state index contributed by atoms with van der Waals surface area (Å²) in [6.07, 6.45) is 6.37. The maximum absolute atomic E-state index is 4.78. The van der Waals surface area contributed by atoms with Gasteiger partial charge in [0.1, 0.15) is 0 Å². The monoisotopic (exact) mass is 263 g/mol. The Morgan fingerprint density at radius 1 is 0.750 bits per heavy atom. The lowest BCUT2D eigenvalue weighted by Crippen LogP contribution is -1.93. The van der Waals surface area contributed by atoms with Crippen molar-refractivity contribution in [1.82, 2.24) is 4.98 Å². The van der Waals surface area contributed by atoms with E-state index < -0.39 is 0 Å². The fraction of sp³-hybridized carbons (Fsp3) is 0.316. The summed E-state index contributed by atoms with van der Waals surface area (Å²) in [4.78, 5) is 4.78. The molecule has 0 aliphatic rings. The largest absolute Gasteiger partial charge is 0.248 e. The van der Waals surface area contributed by atoms with Gasteiger partial charge in [-0.25, -0.2) is 4.98 Å². The maximum atomic E-state index is 4.78. The third kappa shape index (κ3) is 2.53. The van der Waals surface area contributed by atoms with Crippen molar-refractivity contribution in [3.8, 4) is 0 Å². The summed E-state index contributed by atoms with van der Waals surface area (Å²) in [7, 11) is 0.